The van der Waals surface area contributed by atoms with E-state index in [1.807, 2.05) is 0 Å². The van der Waals surface area contributed by atoms with E-state index in [1.165, 1.54) is 20.3 Å². The van der Waals surface area contributed by atoms with Gasteiger partial charge in [-0.3, -0.25) is 19.3 Å². The number of esters is 1. The number of amides is 3. The maximum Gasteiger partial charge on any atom is 0.343 e. The Hall–Kier alpha value is -3.99. The standard InChI is InChI=1S/C24H24N2O8S/c1-4-33-19-11-15(9-10-18(19)34-14-22(28)32-3)12-20-23(29)26(24(30)35-20)13-21(27)25-16-7-5-6-8-17(16)31-2/h5-12H,4,13-14H2,1-3H3,(H,25,27)/b20-12+. The molecule has 2 aromatic rings. The molecule has 11 heteroatoms. The fourth-order valence-electron chi connectivity index (χ4n) is 3.07. The van der Waals surface area contributed by atoms with Crippen molar-refractivity contribution >= 4 is 46.5 Å². The smallest absolute Gasteiger partial charge is 0.343 e. The molecule has 3 rings (SSSR count). The number of ether oxygens (including phenoxy) is 4. The zero-order chi connectivity index (χ0) is 25.4. The molecule has 35 heavy (non-hydrogen) atoms. The first kappa shape index (κ1) is 25.6. The van der Waals surface area contributed by atoms with Crippen LogP contribution in [0.25, 0.3) is 6.08 Å². The summed E-state index contributed by atoms with van der Waals surface area (Å²) in [6.07, 6.45) is 1.52. The van der Waals surface area contributed by atoms with Crippen LogP contribution in [-0.2, 0) is 19.1 Å². The van der Waals surface area contributed by atoms with E-state index in [9.17, 15) is 19.2 Å². The molecule has 0 aromatic heterocycles. The van der Waals surface area contributed by atoms with Crippen LogP contribution in [0.1, 0.15) is 12.5 Å². The first-order valence-corrected chi connectivity index (χ1v) is 11.3. The largest absolute Gasteiger partial charge is 0.495 e. The van der Waals surface area contributed by atoms with Crippen molar-refractivity contribution in [2.24, 2.45) is 0 Å². The summed E-state index contributed by atoms with van der Waals surface area (Å²) in [7, 11) is 2.73. The molecule has 0 aliphatic carbocycles. The lowest BCUT2D eigenvalue weighted by Gasteiger charge is -2.14. The van der Waals surface area contributed by atoms with Gasteiger partial charge in [0.15, 0.2) is 18.1 Å². The molecule has 0 saturated carbocycles. The number of hydrogen-bond acceptors (Lipinski definition) is 9. The van der Waals surface area contributed by atoms with Crippen LogP contribution in [0, 0.1) is 0 Å². The van der Waals surface area contributed by atoms with E-state index >= 15 is 0 Å². The van der Waals surface area contributed by atoms with E-state index in [0.717, 1.165) is 16.7 Å². The van der Waals surface area contributed by atoms with E-state index in [2.05, 4.69) is 10.1 Å². The Labute approximate surface area is 206 Å². The molecule has 1 heterocycles. The lowest BCUT2D eigenvalue weighted by molar-refractivity contribution is -0.143. The summed E-state index contributed by atoms with van der Waals surface area (Å²) in [6.45, 7) is 1.41. The Bertz CT molecular complexity index is 1160. The van der Waals surface area contributed by atoms with Crippen LogP contribution in [0.3, 0.4) is 0 Å². The van der Waals surface area contributed by atoms with Gasteiger partial charge in [-0.05, 0) is 54.6 Å². The van der Waals surface area contributed by atoms with E-state index in [-0.39, 0.29) is 11.5 Å². The van der Waals surface area contributed by atoms with Gasteiger partial charge in [0.2, 0.25) is 5.91 Å². The average molecular weight is 501 g/mol. The number of thioether (sulfide) groups is 1. The van der Waals surface area contributed by atoms with Crippen LogP contribution < -0.4 is 19.5 Å². The second-order valence-corrected chi connectivity index (χ2v) is 8.01. The minimum Gasteiger partial charge on any atom is -0.495 e. The van der Waals surface area contributed by atoms with Crippen LogP contribution >= 0.6 is 11.8 Å². The third kappa shape index (κ3) is 6.54. The number of para-hydroxylation sites is 2. The molecule has 0 unspecified atom stereocenters. The maximum atomic E-state index is 12.8. The van der Waals surface area contributed by atoms with Gasteiger partial charge in [-0.2, -0.15) is 0 Å². The number of nitrogens with one attached hydrogen (secondary N) is 1. The SMILES string of the molecule is CCOc1cc(/C=C2/SC(=O)N(CC(=O)Nc3ccccc3OC)C2=O)ccc1OCC(=O)OC. The molecule has 1 fully saturated rings. The highest BCUT2D eigenvalue weighted by Gasteiger charge is 2.36. The number of benzene rings is 2. The predicted molar refractivity (Wildman–Crippen MR) is 129 cm³/mol. The van der Waals surface area contributed by atoms with Crippen molar-refractivity contribution in [3.63, 3.8) is 0 Å². The zero-order valence-electron chi connectivity index (χ0n) is 19.4. The number of rotatable bonds is 10. The summed E-state index contributed by atoms with van der Waals surface area (Å²) in [5.41, 5.74) is 1.00. The Kier molecular flexibility index (Phi) is 8.74. The molecule has 1 saturated heterocycles. The molecule has 1 aliphatic rings. The molecule has 3 amide bonds. The molecular formula is C24H24N2O8S. The number of anilines is 1. The molecule has 0 atom stereocenters. The highest BCUT2D eigenvalue weighted by atomic mass is 32.2. The van der Waals surface area contributed by atoms with Crippen LogP contribution in [-0.4, -0.2) is 61.9 Å². The molecule has 0 radical (unpaired) electrons. The molecule has 0 bridgehead atoms. The Morgan fingerprint density at radius 1 is 1.03 bits per heavy atom. The summed E-state index contributed by atoms with van der Waals surface area (Å²) in [5.74, 6) is -0.516. The van der Waals surface area contributed by atoms with Crippen LogP contribution in [0.15, 0.2) is 47.4 Å². The van der Waals surface area contributed by atoms with Crippen molar-refractivity contribution in [3.8, 4) is 17.2 Å². The van der Waals surface area contributed by atoms with E-state index in [0.29, 0.717) is 35.1 Å². The second-order valence-electron chi connectivity index (χ2n) is 7.02. The average Bonchev–Trinajstić information content (AvgIpc) is 3.11. The predicted octanol–water partition coefficient (Wildman–Crippen LogP) is 3.32. The molecule has 2 aromatic carbocycles. The van der Waals surface area contributed by atoms with E-state index < -0.39 is 29.6 Å². The van der Waals surface area contributed by atoms with Crippen molar-refractivity contribution in [2.75, 3.05) is 39.3 Å². The lowest BCUT2D eigenvalue weighted by atomic mass is 10.2. The van der Waals surface area contributed by atoms with Gasteiger partial charge in [0.25, 0.3) is 11.1 Å². The van der Waals surface area contributed by atoms with Gasteiger partial charge >= 0.3 is 5.97 Å². The van der Waals surface area contributed by atoms with Crippen LogP contribution in [0.2, 0.25) is 0 Å². The number of hydrogen-bond donors (Lipinski definition) is 1. The fraction of sp³-hybridized carbons (Fsp3) is 0.250. The van der Waals surface area contributed by atoms with Crippen molar-refractivity contribution in [1.29, 1.82) is 0 Å². The van der Waals surface area contributed by atoms with Crippen molar-refractivity contribution in [2.45, 2.75) is 6.92 Å². The molecular weight excluding hydrogens is 476 g/mol. The van der Waals surface area contributed by atoms with Gasteiger partial charge in [0, 0.05) is 0 Å². The van der Waals surface area contributed by atoms with Gasteiger partial charge in [-0.1, -0.05) is 18.2 Å². The number of imide groups is 1. The van der Waals surface area contributed by atoms with Crippen molar-refractivity contribution in [3.05, 3.63) is 52.9 Å². The summed E-state index contributed by atoms with van der Waals surface area (Å²) in [4.78, 5) is 50.1. The highest BCUT2D eigenvalue weighted by Crippen LogP contribution is 2.35. The van der Waals surface area contributed by atoms with Crippen LogP contribution in [0.5, 0.6) is 17.2 Å². The number of carbonyl (C=O) groups is 4. The van der Waals surface area contributed by atoms with Gasteiger partial charge in [0.1, 0.15) is 12.3 Å². The minimum atomic E-state index is -0.584. The van der Waals surface area contributed by atoms with Crippen molar-refractivity contribution in [1.82, 2.24) is 4.90 Å². The normalized spacial score (nSPS) is 14.1. The first-order valence-electron chi connectivity index (χ1n) is 10.5. The fourth-order valence-corrected chi connectivity index (χ4v) is 3.90. The summed E-state index contributed by atoms with van der Waals surface area (Å²) in [6, 6.07) is 11.7. The Morgan fingerprint density at radius 2 is 1.80 bits per heavy atom. The van der Waals surface area contributed by atoms with Gasteiger partial charge in [-0.25, -0.2) is 4.79 Å². The quantitative estimate of drug-likeness (QED) is 0.387. The summed E-state index contributed by atoms with van der Waals surface area (Å²) in [5, 5.41) is 2.09. The summed E-state index contributed by atoms with van der Waals surface area (Å²) < 4.78 is 20.7. The molecule has 1 aliphatic heterocycles. The lowest BCUT2D eigenvalue weighted by Crippen LogP contribution is -2.36. The topological polar surface area (TPSA) is 120 Å². The summed E-state index contributed by atoms with van der Waals surface area (Å²) >= 11 is 0.734. The monoisotopic (exact) mass is 500 g/mol. The van der Waals surface area contributed by atoms with Gasteiger partial charge in [-0.15, -0.1) is 0 Å². The molecule has 0 spiro atoms. The van der Waals surface area contributed by atoms with E-state index in [1.54, 1.807) is 49.4 Å². The Morgan fingerprint density at radius 3 is 2.51 bits per heavy atom. The molecule has 1 N–H and O–H groups in total. The van der Waals surface area contributed by atoms with Gasteiger partial charge in [0.05, 0.1) is 31.4 Å². The molecule has 184 valence electrons. The number of methoxy groups -OCH3 is 2. The third-order valence-electron chi connectivity index (χ3n) is 4.69. The number of carbonyl (C=O) groups excluding carboxylic acids is 4. The number of nitrogens with zero attached hydrogens (tertiary/aromatic N) is 1. The zero-order valence-corrected chi connectivity index (χ0v) is 20.2. The first-order chi connectivity index (χ1) is 16.9. The molecule has 10 nitrogen and oxygen atoms in total. The highest BCUT2D eigenvalue weighted by molar-refractivity contribution is 8.18. The van der Waals surface area contributed by atoms with Gasteiger partial charge < -0.3 is 24.3 Å². The minimum absolute atomic E-state index is 0.158. The van der Waals surface area contributed by atoms with Crippen molar-refractivity contribution < 1.29 is 38.1 Å². The Balaban J connectivity index is 1.72. The third-order valence-corrected chi connectivity index (χ3v) is 5.60. The van der Waals surface area contributed by atoms with Crippen LogP contribution in [0.4, 0.5) is 10.5 Å². The van der Waals surface area contributed by atoms with E-state index in [4.69, 9.17) is 14.2 Å². The second kappa shape index (κ2) is 11.9. The maximum absolute atomic E-state index is 12.8.